The number of halogens is 1. The molecule has 2 aromatic rings. The molecule has 1 heterocycles. The summed E-state index contributed by atoms with van der Waals surface area (Å²) in [5, 5.41) is 0.621. The van der Waals surface area contributed by atoms with Gasteiger partial charge < -0.3 is 10.2 Å². The lowest BCUT2D eigenvalue weighted by Crippen LogP contribution is -2.04. The van der Waals surface area contributed by atoms with Crippen LogP contribution in [0.25, 0.3) is 11.5 Å². The standard InChI is InChI=1S/C11H11ClN2O/c1-7(13)10-6-15-11(14-10)8-4-2-3-5-9(8)12/h2-7H,13H2,1H3. The lowest BCUT2D eigenvalue weighted by molar-refractivity contribution is 0.570. The van der Waals surface area contributed by atoms with Crippen LogP contribution in [0.5, 0.6) is 0 Å². The van der Waals surface area contributed by atoms with Crippen molar-refractivity contribution >= 4 is 11.6 Å². The third-order valence-electron chi connectivity index (χ3n) is 2.09. The number of nitrogens with two attached hydrogens (primary N) is 1. The predicted molar refractivity (Wildman–Crippen MR) is 59.6 cm³/mol. The number of benzene rings is 1. The van der Waals surface area contributed by atoms with Crippen LogP contribution in [0.1, 0.15) is 18.7 Å². The van der Waals surface area contributed by atoms with E-state index in [0.29, 0.717) is 10.9 Å². The topological polar surface area (TPSA) is 52.0 Å². The van der Waals surface area contributed by atoms with Crippen molar-refractivity contribution < 1.29 is 4.42 Å². The molecule has 0 saturated carbocycles. The minimum atomic E-state index is -0.134. The van der Waals surface area contributed by atoms with E-state index in [1.165, 1.54) is 0 Å². The predicted octanol–water partition coefficient (Wildman–Crippen LogP) is 3.01. The lowest BCUT2D eigenvalue weighted by Gasteiger charge is -1.98. The first-order valence-corrected chi connectivity index (χ1v) is 5.02. The summed E-state index contributed by atoms with van der Waals surface area (Å²) in [4.78, 5) is 4.26. The molecule has 2 N–H and O–H groups in total. The van der Waals surface area contributed by atoms with Crippen molar-refractivity contribution in [3.63, 3.8) is 0 Å². The Balaban J connectivity index is 2.42. The molecular weight excluding hydrogens is 212 g/mol. The molecule has 0 radical (unpaired) electrons. The Morgan fingerprint density at radius 3 is 2.73 bits per heavy atom. The van der Waals surface area contributed by atoms with Crippen molar-refractivity contribution in [3.05, 3.63) is 41.2 Å². The van der Waals surface area contributed by atoms with Gasteiger partial charge in [-0.3, -0.25) is 0 Å². The zero-order valence-electron chi connectivity index (χ0n) is 8.27. The van der Waals surface area contributed by atoms with Gasteiger partial charge in [-0.2, -0.15) is 0 Å². The lowest BCUT2D eigenvalue weighted by atomic mass is 10.2. The molecule has 1 atom stereocenters. The minimum Gasteiger partial charge on any atom is -0.444 e. The normalized spacial score (nSPS) is 12.7. The average Bonchev–Trinajstić information content (AvgIpc) is 2.67. The van der Waals surface area contributed by atoms with Crippen LogP contribution in [0.2, 0.25) is 5.02 Å². The van der Waals surface area contributed by atoms with Crippen molar-refractivity contribution in [2.45, 2.75) is 13.0 Å². The first-order chi connectivity index (χ1) is 7.18. The molecule has 0 fully saturated rings. The molecule has 78 valence electrons. The second-order valence-electron chi connectivity index (χ2n) is 3.35. The van der Waals surface area contributed by atoms with Gasteiger partial charge in [-0.25, -0.2) is 4.98 Å². The van der Waals surface area contributed by atoms with E-state index in [0.717, 1.165) is 11.3 Å². The fraction of sp³-hybridized carbons (Fsp3) is 0.182. The quantitative estimate of drug-likeness (QED) is 0.850. The Bertz CT molecular complexity index is 465. The highest BCUT2D eigenvalue weighted by Gasteiger charge is 2.11. The zero-order chi connectivity index (χ0) is 10.8. The van der Waals surface area contributed by atoms with Gasteiger partial charge in [0.25, 0.3) is 0 Å². The monoisotopic (exact) mass is 222 g/mol. The van der Waals surface area contributed by atoms with E-state index in [2.05, 4.69) is 4.98 Å². The first kappa shape index (κ1) is 10.2. The summed E-state index contributed by atoms with van der Waals surface area (Å²) in [7, 11) is 0. The van der Waals surface area contributed by atoms with Gasteiger partial charge in [0, 0.05) is 6.04 Å². The molecule has 0 aliphatic rings. The second-order valence-corrected chi connectivity index (χ2v) is 3.75. The molecule has 3 nitrogen and oxygen atoms in total. The third-order valence-corrected chi connectivity index (χ3v) is 2.42. The van der Waals surface area contributed by atoms with Gasteiger partial charge in [0.05, 0.1) is 16.3 Å². The van der Waals surface area contributed by atoms with Crippen molar-refractivity contribution in [1.29, 1.82) is 0 Å². The van der Waals surface area contributed by atoms with Crippen LogP contribution in [0.15, 0.2) is 34.9 Å². The molecule has 1 aromatic carbocycles. The van der Waals surface area contributed by atoms with Gasteiger partial charge >= 0.3 is 0 Å². The number of oxazole rings is 1. The van der Waals surface area contributed by atoms with Crippen LogP contribution in [0, 0.1) is 0 Å². The zero-order valence-corrected chi connectivity index (χ0v) is 9.03. The second kappa shape index (κ2) is 4.04. The number of nitrogens with zero attached hydrogens (tertiary/aromatic N) is 1. The molecule has 0 saturated heterocycles. The number of aromatic nitrogens is 1. The highest BCUT2D eigenvalue weighted by molar-refractivity contribution is 6.33. The van der Waals surface area contributed by atoms with Gasteiger partial charge in [-0.05, 0) is 19.1 Å². The van der Waals surface area contributed by atoms with Crippen LogP contribution in [0.3, 0.4) is 0 Å². The summed E-state index contributed by atoms with van der Waals surface area (Å²) in [6.07, 6.45) is 1.56. The summed E-state index contributed by atoms with van der Waals surface area (Å²) in [5.41, 5.74) is 7.20. The van der Waals surface area contributed by atoms with Gasteiger partial charge in [0.1, 0.15) is 6.26 Å². The van der Waals surface area contributed by atoms with E-state index in [-0.39, 0.29) is 6.04 Å². The average molecular weight is 223 g/mol. The summed E-state index contributed by atoms with van der Waals surface area (Å²) in [5.74, 6) is 0.507. The Morgan fingerprint density at radius 1 is 1.40 bits per heavy atom. The maximum atomic E-state index is 6.02. The number of hydrogen-bond donors (Lipinski definition) is 1. The molecular formula is C11H11ClN2O. The smallest absolute Gasteiger partial charge is 0.227 e. The van der Waals surface area contributed by atoms with Crippen LogP contribution < -0.4 is 5.73 Å². The van der Waals surface area contributed by atoms with E-state index in [4.69, 9.17) is 21.8 Å². The van der Waals surface area contributed by atoms with Gasteiger partial charge in [-0.1, -0.05) is 23.7 Å². The molecule has 1 aromatic heterocycles. The fourth-order valence-corrected chi connectivity index (χ4v) is 1.47. The fourth-order valence-electron chi connectivity index (χ4n) is 1.25. The summed E-state index contributed by atoms with van der Waals surface area (Å²) in [6, 6.07) is 7.27. The molecule has 15 heavy (non-hydrogen) atoms. The largest absolute Gasteiger partial charge is 0.444 e. The SMILES string of the molecule is CC(N)c1coc(-c2ccccc2Cl)n1. The third kappa shape index (κ3) is 2.03. The maximum Gasteiger partial charge on any atom is 0.227 e. The molecule has 2 rings (SSSR count). The van der Waals surface area contributed by atoms with Crippen LogP contribution in [-0.4, -0.2) is 4.98 Å². The van der Waals surface area contributed by atoms with Crippen molar-refractivity contribution in [2.24, 2.45) is 5.73 Å². The Labute approximate surface area is 92.9 Å². The highest BCUT2D eigenvalue weighted by Crippen LogP contribution is 2.27. The van der Waals surface area contributed by atoms with Crippen molar-refractivity contribution in [2.75, 3.05) is 0 Å². The van der Waals surface area contributed by atoms with Gasteiger partial charge in [-0.15, -0.1) is 0 Å². The molecule has 0 aliphatic heterocycles. The molecule has 1 unspecified atom stereocenters. The summed E-state index contributed by atoms with van der Waals surface area (Å²) in [6.45, 7) is 1.86. The molecule has 0 amide bonds. The first-order valence-electron chi connectivity index (χ1n) is 4.64. The van der Waals surface area contributed by atoms with Gasteiger partial charge in [0.15, 0.2) is 0 Å². The van der Waals surface area contributed by atoms with Crippen molar-refractivity contribution in [3.8, 4) is 11.5 Å². The molecule has 0 spiro atoms. The van der Waals surface area contributed by atoms with E-state index in [9.17, 15) is 0 Å². The van der Waals surface area contributed by atoms with Gasteiger partial charge in [0.2, 0.25) is 5.89 Å². The molecule has 0 aliphatic carbocycles. The molecule has 4 heteroatoms. The molecule has 0 bridgehead atoms. The maximum absolute atomic E-state index is 6.02. The van der Waals surface area contributed by atoms with Crippen LogP contribution in [0.4, 0.5) is 0 Å². The van der Waals surface area contributed by atoms with Crippen LogP contribution >= 0.6 is 11.6 Å². The number of hydrogen-bond acceptors (Lipinski definition) is 3. The minimum absolute atomic E-state index is 0.134. The van der Waals surface area contributed by atoms with Crippen LogP contribution in [-0.2, 0) is 0 Å². The number of rotatable bonds is 2. The Hall–Kier alpha value is -1.32. The Morgan fingerprint density at radius 2 is 2.13 bits per heavy atom. The highest BCUT2D eigenvalue weighted by atomic mass is 35.5. The summed E-state index contributed by atoms with van der Waals surface area (Å²) >= 11 is 6.02. The Kier molecular flexibility index (Phi) is 2.75. The van der Waals surface area contributed by atoms with E-state index in [1.807, 2.05) is 25.1 Å². The van der Waals surface area contributed by atoms with E-state index >= 15 is 0 Å². The van der Waals surface area contributed by atoms with E-state index in [1.54, 1.807) is 12.3 Å². The summed E-state index contributed by atoms with van der Waals surface area (Å²) < 4.78 is 5.32. The van der Waals surface area contributed by atoms with E-state index < -0.39 is 0 Å². The van der Waals surface area contributed by atoms with Crippen molar-refractivity contribution in [1.82, 2.24) is 4.98 Å².